The largest absolute Gasteiger partial charge is 0.352 e. The summed E-state index contributed by atoms with van der Waals surface area (Å²) in [5, 5.41) is 2.90. The molecule has 1 fully saturated rings. The maximum atomic E-state index is 13.6. The second-order valence-corrected chi connectivity index (χ2v) is 6.56. The fourth-order valence-electron chi connectivity index (χ4n) is 3.19. The van der Waals surface area contributed by atoms with Gasteiger partial charge in [0.1, 0.15) is 5.82 Å². The van der Waals surface area contributed by atoms with Crippen LogP contribution in [0.3, 0.4) is 0 Å². The van der Waals surface area contributed by atoms with E-state index in [4.69, 9.17) is 0 Å². The lowest BCUT2D eigenvalue weighted by Gasteiger charge is -2.18. The zero-order valence-electron chi connectivity index (χ0n) is 14.7. The lowest BCUT2D eigenvalue weighted by molar-refractivity contribution is -0.128. The number of carbonyl (C=O) groups excluding carboxylic acids is 2. The van der Waals surface area contributed by atoms with E-state index in [1.807, 2.05) is 29.2 Å². The van der Waals surface area contributed by atoms with E-state index >= 15 is 0 Å². The molecule has 0 aliphatic carbocycles. The smallest absolute Gasteiger partial charge is 0.222 e. The molecule has 1 N–H and O–H groups in total. The van der Waals surface area contributed by atoms with Gasteiger partial charge >= 0.3 is 0 Å². The molecule has 5 heteroatoms. The van der Waals surface area contributed by atoms with Gasteiger partial charge in [0.15, 0.2) is 0 Å². The van der Waals surface area contributed by atoms with Crippen LogP contribution in [0.4, 0.5) is 4.39 Å². The Morgan fingerprint density at radius 2 is 1.73 bits per heavy atom. The van der Waals surface area contributed by atoms with Crippen LogP contribution in [-0.4, -0.2) is 23.3 Å². The fourth-order valence-corrected chi connectivity index (χ4v) is 3.19. The first-order valence-corrected chi connectivity index (χ1v) is 8.98. The Balaban J connectivity index is 1.53. The zero-order valence-corrected chi connectivity index (χ0v) is 14.7. The average molecular weight is 354 g/mol. The topological polar surface area (TPSA) is 49.4 Å². The van der Waals surface area contributed by atoms with Gasteiger partial charge in [-0.05, 0) is 35.6 Å². The molecule has 1 aliphatic heterocycles. The highest BCUT2D eigenvalue weighted by atomic mass is 19.1. The maximum Gasteiger partial charge on any atom is 0.222 e. The summed E-state index contributed by atoms with van der Waals surface area (Å²) in [7, 11) is 0. The van der Waals surface area contributed by atoms with Crippen LogP contribution in [0, 0.1) is 5.82 Å². The van der Waals surface area contributed by atoms with Crippen molar-refractivity contribution in [2.24, 2.45) is 0 Å². The van der Waals surface area contributed by atoms with E-state index in [1.54, 1.807) is 18.2 Å². The van der Waals surface area contributed by atoms with Gasteiger partial charge in [0.2, 0.25) is 11.8 Å². The quantitative estimate of drug-likeness (QED) is 0.830. The third-order valence-corrected chi connectivity index (χ3v) is 4.71. The summed E-state index contributed by atoms with van der Waals surface area (Å²) >= 11 is 0. The number of rotatable bonds is 7. The molecular formula is C21H23FN2O2. The molecule has 2 aromatic rings. The van der Waals surface area contributed by atoms with Gasteiger partial charge in [-0.2, -0.15) is 0 Å². The van der Waals surface area contributed by atoms with Gasteiger partial charge in [0.05, 0.1) is 0 Å². The van der Waals surface area contributed by atoms with Gasteiger partial charge < -0.3 is 10.2 Å². The lowest BCUT2D eigenvalue weighted by atomic mass is 10.1. The fraction of sp³-hybridized carbons (Fsp3) is 0.333. The molecule has 1 aliphatic rings. The van der Waals surface area contributed by atoms with Crippen molar-refractivity contribution in [2.45, 2.75) is 38.8 Å². The standard InChI is InChI=1S/C21H23FN2O2/c22-19-9-4-3-6-16(19)11-12-20(25)23-14-17-7-1-2-8-18(17)15-24-13-5-10-21(24)26/h1-4,6-9H,5,10-15H2,(H,23,25). The second kappa shape index (κ2) is 8.61. The van der Waals surface area contributed by atoms with E-state index in [1.165, 1.54) is 6.07 Å². The van der Waals surface area contributed by atoms with Gasteiger partial charge in [-0.3, -0.25) is 9.59 Å². The Hall–Kier alpha value is -2.69. The molecule has 1 heterocycles. The van der Waals surface area contributed by atoms with E-state index in [9.17, 15) is 14.0 Å². The van der Waals surface area contributed by atoms with Crippen molar-refractivity contribution in [1.29, 1.82) is 0 Å². The van der Waals surface area contributed by atoms with Crippen molar-refractivity contribution >= 4 is 11.8 Å². The van der Waals surface area contributed by atoms with Crippen LogP contribution in [0.2, 0.25) is 0 Å². The zero-order chi connectivity index (χ0) is 18.4. The van der Waals surface area contributed by atoms with E-state index in [0.717, 1.165) is 24.1 Å². The molecule has 0 aromatic heterocycles. The van der Waals surface area contributed by atoms with Gasteiger partial charge in [0, 0.05) is 32.5 Å². The van der Waals surface area contributed by atoms with Crippen LogP contribution < -0.4 is 5.32 Å². The van der Waals surface area contributed by atoms with Crippen LogP contribution in [0.5, 0.6) is 0 Å². The third-order valence-electron chi connectivity index (χ3n) is 4.71. The Kier molecular flexibility index (Phi) is 6.00. The summed E-state index contributed by atoms with van der Waals surface area (Å²) in [6, 6.07) is 14.3. The van der Waals surface area contributed by atoms with Gasteiger partial charge in [-0.1, -0.05) is 42.5 Å². The summed E-state index contributed by atoms with van der Waals surface area (Å²) < 4.78 is 13.6. The molecule has 0 spiro atoms. The molecule has 2 amide bonds. The Morgan fingerprint density at radius 1 is 1.04 bits per heavy atom. The average Bonchev–Trinajstić information content (AvgIpc) is 3.05. The van der Waals surface area contributed by atoms with E-state index in [2.05, 4.69) is 5.32 Å². The van der Waals surface area contributed by atoms with Crippen LogP contribution in [-0.2, 0) is 29.1 Å². The van der Waals surface area contributed by atoms with Crippen molar-refractivity contribution in [1.82, 2.24) is 10.2 Å². The number of halogens is 1. The predicted octanol–water partition coefficient (Wildman–Crippen LogP) is 3.20. The molecule has 4 nitrogen and oxygen atoms in total. The van der Waals surface area contributed by atoms with Crippen LogP contribution in [0.15, 0.2) is 48.5 Å². The van der Waals surface area contributed by atoms with Gasteiger partial charge in [0.25, 0.3) is 0 Å². The number of carbonyl (C=O) groups is 2. The first-order valence-electron chi connectivity index (χ1n) is 8.98. The van der Waals surface area contributed by atoms with Gasteiger partial charge in [-0.25, -0.2) is 4.39 Å². The number of nitrogens with one attached hydrogen (secondary N) is 1. The Morgan fingerprint density at radius 3 is 2.42 bits per heavy atom. The summed E-state index contributed by atoms with van der Waals surface area (Å²) in [5.74, 6) is -0.199. The number of amides is 2. The monoisotopic (exact) mass is 354 g/mol. The number of aryl methyl sites for hydroxylation is 1. The van der Waals surface area contributed by atoms with E-state index in [0.29, 0.717) is 31.5 Å². The molecule has 0 saturated carbocycles. The minimum Gasteiger partial charge on any atom is -0.352 e. The molecule has 2 aromatic carbocycles. The lowest BCUT2D eigenvalue weighted by Crippen LogP contribution is -2.27. The Labute approximate surface area is 153 Å². The maximum absolute atomic E-state index is 13.6. The molecule has 136 valence electrons. The molecule has 0 atom stereocenters. The number of benzene rings is 2. The van der Waals surface area contributed by atoms with Crippen molar-refractivity contribution in [3.63, 3.8) is 0 Å². The molecular weight excluding hydrogens is 331 g/mol. The summed E-state index contributed by atoms with van der Waals surface area (Å²) in [4.78, 5) is 25.8. The Bertz CT molecular complexity index is 791. The molecule has 0 bridgehead atoms. The first kappa shape index (κ1) is 18.1. The normalized spacial score (nSPS) is 13.9. The minimum atomic E-state index is -0.277. The molecule has 1 saturated heterocycles. The number of hydrogen-bond donors (Lipinski definition) is 1. The predicted molar refractivity (Wildman–Crippen MR) is 97.7 cm³/mol. The highest BCUT2D eigenvalue weighted by molar-refractivity contribution is 5.78. The van der Waals surface area contributed by atoms with Crippen molar-refractivity contribution in [3.05, 3.63) is 71.0 Å². The molecule has 26 heavy (non-hydrogen) atoms. The summed E-state index contributed by atoms with van der Waals surface area (Å²) in [6.45, 7) is 1.79. The van der Waals surface area contributed by atoms with Crippen LogP contribution in [0.1, 0.15) is 36.0 Å². The number of likely N-dealkylation sites (tertiary alicyclic amines) is 1. The van der Waals surface area contributed by atoms with Gasteiger partial charge in [-0.15, -0.1) is 0 Å². The molecule has 0 unspecified atom stereocenters. The highest BCUT2D eigenvalue weighted by Gasteiger charge is 2.20. The third kappa shape index (κ3) is 4.69. The van der Waals surface area contributed by atoms with Crippen molar-refractivity contribution in [2.75, 3.05) is 6.54 Å². The summed E-state index contributed by atoms with van der Waals surface area (Å²) in [6.07, 6.45) is 2.15. The molecule has 0 radical (unpaired) electrons. The van der Waals surface area contributed by atoms with E-state index in [-0.39, 0.29) is 24.1 Å². The number of hydrogen-bond acceptors (Lipinski definition) is 2. The first-order chi connectivity index (χ1) is 12.6. The van der Waals surface area contributed by atoms with E-state index < -0.39 is 0 Å². The summed E-state index contributed by atoms with van der Waals surface area (Å²) in [5.41, 5.74) is 2.61. The van der Waals surface area contributed by atoms with Crippen LogP contribution in [0.25, 0.3) is 0 Å². The SMILES string of the molecule is O=C(CCc1ccccc1F)NCc1ccccc1CN1CCCC1=O. The molecule has 3 rings (SSSR count). The van der Waals surface area contributed by atoms with Crippen molar-refractivity contribution < 1.29 is 14.0 Å². The number of nitrogens with zero attached hydrogens (tertiary/aromatic N) is 1. The highest BCUT2D eigenvalue weighted by Crippen LogP contribution is 2.17. The van der Waals surface area contributed by atoms with Crippen molar-refractivity contribution in [3.8, 4) is 0 Å². The minimum absolute atomic E-state index is 0.111. The van der Waals surface area contributed by atoms with Crippen LogP contribution >= 0.6 is 0 Å². The second-order valence-electron chi connectivity index (χ2n) is 6.56.